The number of aryl methyl sites for hydroxylation is 1. The number of aromatic amines is 1. The van der Waals surface area contributed by atoms with Crippen molar-refractivity contribution in [2.75, 3.05) is 10.3 Å². The Morgan fingerprint density at radius 2 is 1.76 bits per heavy atom. The number of halogens is 6. The van der Waals surface area contributed by atoms with Gasteiger partial charge in [0.05, 0.1) is 25.8 Å². The van der Waals surface area contributed by atoms with Gasteiger partial charge in [0, 0.05) is 10.7 Å². The van der Waals surface area contributed by atoms with Gasteiger partial charge in [-0.3, -0.25) is 20.1 Å². The fourth-order valence-electron chi connectivity index (χ4n) is 4.63. The zero-order valence-electron chi connectivity index (χ0n) is 24.2. The summed E-state index contributed by atoms with van der Waals surface area (Å²) in [7, 11) is 0. The summed E-state index contributed by atoms with van der Waals surface area (Å²) in [6.07, 6.45) is 1.27. The van der Waals surface area contributed by atoms with Crippen molar-refractivity contribution in [3.8, 4) is 5.75 Å². The molecule has 3 aromatic carbocycles. The highest BCUT2D eigenvalue weighted by atomic mass is 35.5. The molecule has 10 nitrogen and oxygen atoms in total. The average Bonchev–Trinajstić information content (AvgIpc) is 3.55. The Morgan fingerprint density at radius 1 is 1.02 bits per heavy atom. The standard InChI is InChI=1S/C30H25Cl6N7O3/c1-3-4-5-23(46-22-9-6-14(2)10-18(22)33)28(44)37-16-7-8-17(32)21(13-16)38-27-24(26-39-30(36)41-40-26)29(45)43(42-27)25-19(34)11-15(31)12-20(25)35/h6-13,23-24H,3-5H2,1-2H3,(H,37,44)(H,38,42)(H,39,40,41). The van der Waals surface area contributed by atoms with Crippen LogP contribution in [0.5, 0.6) is 5.75 Å². The third-order valence-electron chi connectivity index (χ3n) is 6.84. The van der Waals surface area contributed by atoms with E-state index in [2.05, 4.69) is 30.9 Å². The molecular formula is C30H25Cl6N7O3. The van der Waals surface area contributed by atoms with Gasteiger partial charge in [-0.1, -0.05) is 77.4 Å². The molecule has 0 bridgehead atoms. The third kappa shape index (κ3) is 7.65. The van der Waals surface area contributed by atoms with E-state index in [1.54, 1.807) is 30.3 Å². The van der Waals surface area contributed by atoms with Crippen molar-refractivity contribution >= 4 is 104 Å². The number of H-pyrrole nitrogens is 1. The first-order valence-electron chi connectivity index (χ1n) is 13.9. The van der Waals surface area contributed by atoms with E-state index in [9.17, 15) is 9.59 Å². The average molecular weight is 744 g/mol. The van der Waals surface area contributed by atoms with E-state index in [4.69, 9.17) is 74.3 Å². The SMILES string of the molecule is CCCCC(Oc1ccc(C)cc1Cl)C(=O)Nc1ccc(Cl)c(N=C2NN(c3c(Cl)cc(Cl)cc3Cl)C(=O)C2c2nc(Cl)n[nH]2)c1. The fourth-order valence-corrected chi connectivity index (χ4v) is 6.19. The van der Waals surface area contributed by atoms with Crippen LogP contribution in [0.2, 0.25) is 30.4 Å². The summed E-state index contributed by atoms with van der Waals surface area (Å²) < 4.78 is 6.05. The number of hydrogen-bond donors (Lipinski definition) is 3. The van der Waals surface area contributed by atoms with Crippen molar-refractivity contribution < 1.29 is 14.3 Å². The van der Waals surface area contributed by atoms with Gasteiger partial charge in [0.15, 0.2) is 12.0 Å². The van der Waals surface area contributed by atoms with Gasteiger partial charge in [0.2, 0.25) is 5.28 Å². The van der Waals surface area contributed by atoms with Crippen molar-refractivity contribution in [1.82, 2.24) is 20.6 Å². The highest BCUT2D eigenvalue weighted by molar-refractivity contribution is 6.43. The molecular weight excluding hydrogens is 719 g/mol. The number of carbonyl (C=O) groups excluding carboxylic acids is 2. The summed E-state index contributed by atoms with van der Waals surface area (Å²) in [6.45, 7) is 3.94. The van der Waals surface area contributed by atoms with Crippen LogP contribution >= 0.6 is 69.6 Å². The molecule has 1 saturated heterocycles. The zero-order valence-corrected chi connectivity index (χ0v) is 28.7. The summed E-state index contributed by atoms with van der Waals surface area (Å²) >= 11 is 37.8. The van der Waals surface area contributed by atoms with Crippen LogP contribution in [0.3, 0.4) is 0 Å². The van der Waals surface area contributed by atoms with Crippen LogP contribution in [0.1, 0.15) is 43.5 Å². The van der Waals surface area contributed by atoms with E-state index in [0.717, 1.165) is 23.4 Å². The summed E-state index contributed by atoms with van der Waals surface area (Å²) in [5.41, 5.74) is 4.68. The quantitative estimate of drug-likeness (QED) is 0.149. The predicted molar refractivity (Wildman–Crippen MR) is 184 cm³/mol. The largest absolute Gasteiger partial charge is 0.479 e. The molecule has 240 valence electrons. The first-order chi connectivity index (χ1) is 21.9. The molecule has 2 atom stereocenters. The van der Waals surface area contributed by atoms with E-state index >= 15 is 0 Å². The normalized spacial score (nSPS) is 16.1. The lowest BCUT2D eigenvalue weighted by atomic mass is 10.1. The molecule has 2 unspecified atom stereocenters. The molecule has 4 aromatic rings. The van der Waals surface area contributed by atoms with Crippen molar-refractivity contribution in [3.05, 3.63) is 90.3 Å². The van der Waals surface area contributed by atoms with Gasteiger partial charge in [-0.25, -0.2) is 15.0 Å². The summed E-state index contributed by atoms with van der Waals surface area (Å²) in [5, 5.41) is 11.6. The number of benzene rings is 3. The van der Waals surface area contributed by atoms with E-state index in [-0.39, 0.29) is 54.3 Å². The first-order valence-corrected chi connectivity index (χ1v) is 16.2. The van der Waals surface area contributed by atoms with Gasteiger partial charge in [0.1, 0.15) is 23.1 Å². The van der Waals surface area contributed by atoms with Crippen LogP contribution in [0.4, 0.5) is 17.1 Å². The number of rotatable bonds is 10. The van der Waals surface area contributed by atoms with Crippen molar-refractivity contribution in [2.24, 2.45) is 4.99 Å². The molecule has 1 aliphatic rings. The molecule has 1 aliphatic heterocycles. The number of ether oxygens (including phenoxy) is 1. The lowest BCUT2D eigenvalue weighted by Gasteiger charge is -2.20. The Morgan fingerprint density at radius 3 is 2.41 bits per heavy atom. The van der Waals surface area contributed by atoms with Gasteiger partial charge >= 0.3 is 0 Å². The van der Waals surface area contributed by atoms with Crippen LogP contribution in [0, 0.1) is 6.92 Å². The van der Waals surface area contributed by atoms with E-state index in [0.29, 0.717) is 22.9 Å². The number of anilines is 2. The summed E-state index contributed by atoms with van der Waals surface area (Å²) in [5.74, 6) is -1.42. The number of carbonyl (C=O) groups is 2. The van der Waals surface area contributed by atoms with E-state index < -0.39 is 17.9 Å². The van der Waals surface area contributed by atoms with Crippen LogP contribution in [-0.4, -0.2) is 38.9 Å². The predicted octanol–water partition coefficient (Wildman–Crippen LogP) is 8.98. The van der Waals surface area contributed by atoms with Crippen LogP contribution in [0.25, 0.3) is 0 Å². The Bertz CT molecular complexity index is 1810. The second-order valence-electron chi connectivity index (χ2n) is 10.3. The Balaban J connectivity index is 1.46. The zero-order chi connectivity index (χ0) is 33.1. The number of hydrazine groups is 1. The minimum absolute atomic E-state index is 0.0994. The van der Waals surface area contributed by atoms with Gasteiger partial charge in [0.25, 0.3) is 11.8 Å². The molecule has 0 saturated carbocycles. The number of nitrogens with one attached hydrogen (secondary N) is 3. The number of unbranched alkanes of at least 4 members (excludes halogenated alkanes) is 1. The molecule has 46 heavy (non-hydrogen) atoms. The Kier molecular flexibility index (Phi) is 10.9. The molecule has 0 radical (unpaired) electrons. The number of aliphatic imine (C=N–C) groups is 1. The molecule has 2 heterocycles. The second-order valence-corrected chi connectivity index (χ2v) is 12.7. The molecule has 1 aromatic heterocycles. The van der Waals surface area contributed by atoms with E-state index in [1.165, 1.54) is 12.1 Å². The summed E-state index contributed by atoms with van der Waals surface area (Å²) in [6, 6.07) is 13.0. The molecule has 0 spiro atoms. The van der Waals surface area contributed by atoms with Gasteiger partial charge in [-0.15, -0.1) is 5.10 Å². The van der Waals surface area contributed by atoms with Crippen LogP contribution in [0.15, 0.2) is 53.5 Å². The molecule has 1 fully saturated rings. The Labute approximate surface area is 294 Å². The Hall–Kier alpha value is -3.25. The molecule has 5 rings (SSSR count). The molecule has 0 aliphatic carbocycles. The number of aromatic nitrogens is 3. The molecule has 16 heteroatoms. The highest BCUT2D eigenvalue weighted by Crippen LogP contribution is 2.40. The van der Waals surface area contributed by atoms with Crippen LogP contribution in [-0.2, 0) is 9.59 Å². The topological polar surface area (TPSA) is 125 Å². The van der Waals surface area contributed by atoms with Gasteiger partial charge < -0.3 is 10.1 Å². The van der Waals surface area contributed by atoms with E-state index in [1.807, 2.05) is 19.9 Å². The minimum Gasteiger partial charge on any atom is -0.479 e. The highest BCUT2D eigenvalue weighted by Gasteiger charge is 2.43. The maximum atomic E-state index is 13.7. The lowest BCUT2D eigenvalue weighted by molar-refractivity contribution is -0.123. The smallest absolute Gasteiger partial charge is 0.265 e. The van der Waals surface area contributed by atoms with Crippen molar-refractivity contribution in [3.63, 3.8) is 0 Å². The monoisotopic (exact) mass is 741 g/mol. The van der Waals surface area contributed by atoms with Gasteiger partial charge in [-0.05, 0) is 79.4 Å². The first kappa shape index (κ1) is 34.1. The van der Waals surface area contributed by atoms with Crippen molar-refractivity contribution in [1.29, 1.82) is 0 Å². The lowest BCUT2D eigenvalue weighted by Crippen LogP contribution is -2.36. The fraction of sp³-hybridized carbons (Fsp3) is 0.233. The van der Waals surface area contributed by atoms with Gasteiger partial charge in [-0.2, -0.15) is 0 Å². The maximum absolute atomic E-state index is 13.7. The molecule has 2 amide bonds. The molecule has 3 N–H and O–H groups in total. The van der Waals surface area contributed by atoms with Crippen molar-refractivity contribution in [2.45, 2.75) is 45.1 Å². The number of nitrogens with zero attached hydrogens (tertiary/aromatic N) is 4. The number of hydrogen-bond acceptors (Lipinski definition) is 6. The number of amidine groups is 1. The minimum atomic E-state index is -1.12. The maximum Gasteiger partial charge on any atom is 0.265 e. The second kappa shape index (κ2) is 14.7. The summed E-state index contributed by atoms with van der Waals surface area (Å²) in [4.78, 5) is 35.9. The number of amides is 2. The third-order valence-corrected chi connectivity index (χ3v) is 8.42. The van der Waals surface area contributed by atoms with Crippen LogP contribution < -0.4 is 20.5 Å².